The van der Waals surface area contributed by atoms with Gasteiger partial charge in [-0.2, -0.15) is 0 Å². The summed E-state index contributed by atoms with van der Waals surface area (Å²) >= 11 is 6.38. The summed E-state index contributed by atoms with van der Waals surface area (Å²) in [4.78, 5) is 23.4. The van der Waals surface area contributed by atoms with Gasteiger partial charge < -0.3 is 9.84 Å². The Labute approximate surface area is 134 Å². The van der Waals surface area contributed by atoms with Crippen molar-refractivity contribution in [3.63, 3.8) is 0 Å². The largest absolute Gasteiger partial charge is 0.482 e. The topological polar surface area (TPSA) is 63.6 Å². The minimum absolute atomic E-state index is 0.0316. The lowest BCUT2D eigenvalue weighted by atomic mass is 9.88. The molecule has 1 N–H and O–H groups in total. The number of benzene rings is 1. The first kappa shape index (κ1) is 15.3. The number of fused-ring (bicyclic) bond motifs is 1. The summed E-state index contributed by atoms with van der Waals surface area (Å²) in [5.41, 5.74) is 2.17. The number of aliphatic carboxylic acids is 1. The summed E-state index contributed by atoms with van der Waals surface area (Å²) in [6.45, 7) is 1.35. The number of ether oxygens (including phenoxy) is 1. The molecule has 118 valence electrons. The van der Waals surface area contributed by atoms with Gasteiger partial charge in [-0.1, -0.05) is 24.4 Å². The lowest BCUT2D eigenvalue weighted by Gasteiger charge is -2.15. The number of ketones is 1. The minimum atomic E-state index is -1.03. The molecule has 1 saturated carbocycles. The van der Waals surface area contributed by atoms with Crippen molar-refractivity contribution in [2.75, 3.05) is 6.61 Å². The van der Waals surface area contributed by atoms with Crippen LogP contribution in [0.2, 0.25) is 5.02 Å². The zero-order valence-electron chi connectivity index (χ0n) is 12.5. The molecule has 1 atom stereocenters. The van der Waals surface area contributed by atoms with E-state index in [1.807, 2.05) is 0 Å². The van der Waals surface area contributed by atoms with Crippen molar-refractivity contribution in [3.8, 4) is 5.75 Å². The van der Waals surface area contributed by atoms with Gasteiger partial charge in [-0.3, -0.25) is 4.79 Å². The van der Waals surface area contributed by atoms with Gasteiger partial charge in [-0.25, -0.2) is 4.79 Å². The van der Waals surface area contributed by atoms with Crippen LogP contribution in [0.3, 0.4) is 0 Å². The van der Waals surface area contributed by atoms with E-state index < -0.39 is 12.6 Å². The Morgan fingerprint density at radius 3 is 2.73 bits per heavy atom. The summed E-state index contributed by atoms with van der Waals surface area (Å²) in [7, 11) is 0. The van der Waals surface area contributed by atoms with Crippen LogP contribution < -0.4 is 4.74 Å². The SMILES string of the molecule is Cc1c(OCC(=O)O)cc2c(c1Cl)C(=O)C(C1CCCC1)C2. The molecule has 1 aromatic carbocycles. The molecule has 0 aromatic heterocycles. The highest BCUT2D eigenvalue weighted by Crippen LogP contribution is 2.44. The molecule has 0 radical (unpaired) electrons. The fourth-order valence-electron chi connectivity index (χ4n) is 3.75. The summed E-state index contributed by atoms with van der Waals surface area (Å²) in [6.07, 6.45) is 5.32. The lowest BCUT2D eigenvalue weighted by molar-refractivity contribution is -0.139. The van der Waals surface area contributed by atoms with Crippen LogP contribution in [-0.4, -0.2) is 23.5 Å². The Hall–Kier alpha value is -1.55. The van der Waals surface area contributed by atoms with Gasteiger partial charge in [-0.15, -0.1) is 0 Å². The minimum Gasteiger partial charge on any atom is -0.482 e. The molecule has 5 heteroatoms. The fraction of sp³-hybridized carbons (Fsp3) is 0.529. The third kappa shape index (κ3) is 2.60. The Morgan fingerprint density at radius 2 is 2.09 bits per heavy atom. The van der Waals surface area contributed by atoms with Crippen LogP contribution in [0.1, 0.15) is 47.2 Å². The van der Waals surface area contributed by atoms with Gasteiger partial charge >= 0.3 is 5.97 Å². The third-order valence-corrected chi connectivity index (χ3v) is 5.36. The second kappa shape index (κ2) is 5.92. The van der Waals surface area contributed by atoms with Crippen LogP contribution in [0.15, 0.2) is 6.07 Å². The van der Waals surface area contributed by atoms with E-state index in [1.54, 1.807) is 13.0 Å². The molecule has 0 heterocycles. The second-order valence-electron chi connectivity index (χ2n) is 6.25. The van der Waals surface area contributed by atoms with Gasteiger partial charge in [0.1, 0.15) is 5.75 Å². The van der Waals surface area contributed by atoms with E-state index in [0.29, 0.717) is 34.2 Å². The second-order valence-corrected chi connectivity index (χ2v) is 6.63. The number of rotatable bonds is 4. The quantitative estimate of drug-likeness (QED) is 0.919. The summed E-state index contributed by atoms with van der Waals surface area (Å²) < 4.78 is 5.30. The molecule has 3 rings (SSSR count). The van der Waals surface area contributed by atoms with Gasteiger partial charge in [0.2, 0.25) is 0 Å². The monoisotopic (exact) mass is 322 g/mol. The highest BCUT2D eigenvalue weighted by Gasteiger charge is 2.39. The number of hydrogen-bond acceptors (Lipinski definition) is 3. The molecule has 1 unspecified atom stereocenters. The average Bonchev–Trinajstić information content (AvgIpc) is 3.09. The first-order valence-corrected chi connectivity index (χ1v) is 8.07. The zero-order valence-corrected chi connectivity index (χ0v) is 13.3. The predicted molar refractivity (Wildman–Crippen MR) is 82.8 cm³/mol. The molecule has 4 nitrogen and oxygen atoms in total. The van der Waals surface area contributed by atoms with Crippen LogP contribution in [0.5, 0.6) is 5.75 Å². The van der Waals surface area contributed by atoms with Crippen molar-refractivity contribution >= 4 is 23.4 Å². The van der Waals surface area contributed by atoms with Crippen LogP contribution in [0.4, 0.5) is 0 Å². The fourth-order valence-corrected chi connectivity index (χ4v) is 4.06. The van der Waals surface area contributed by atoms with Crippen molar-refractivity contribution in [1.82, 2.24) is 0 Å². The maximum atomic E-state index is 12.7. The van der Waals surface area contributed by atoms with E-state index >= 15 is 0 Å². The van der Waals surface area contributed by atoms with Gasteiger partial charge in [0, 0.05) is 17.0 Å². The molecule has 0 amide bonds. The number of carbonyl (C=O) groups excluding carboxylic acids is 1. The molecule has 0 bridgehead atoms. The standard InChI is InChI=1S/C17H19ClO4/c1-9-13(22-8-14(19)20)7-11-6-12(10-4-2-3-5-10)17(21)15(11)16(9)18/h7,10,12H,2-6,8H2,1H3,(H,19,20). The van der Waals surface area contributed by atoms with Crippen molar-refractivity contribution in [2.45, 2.75) is 39.0 Å². The summed E-state index contributed by atoms with van der Waals surface area (Å²) in [5, 5.41) is 9.16. The molecular formula is C17H19ClO4. The summed E-state index contributed by atoms with van der Waals surface area (Å²) in [6, 6.07) is 1.80. The molecule has 2 aliphatic rings. The molecule has 2 aliphatic carbocycles. The van der Waals surface area contributed by atoms with Crippen LogP contribution in [-0.2, 0) is 11.2 Å². The average molecular weight is 323 g/mol. The predicted octanol–water partition coefficient (Wildman–Crippen LogP) is 3.66. The Bertz CT molecular complexity index is 632. The van der Waals surface area contributed by atoms with E-state index in [1.165, 1.54) is 12.8 Å². The molecule has 22 heavy (non-hydrogen) atoms. The molecular weight excluding hydrogens is 304 g/mol. The maximum Gasteiger partial charge on any atom is 0.341 e. The highest BCUT2D eigenvalue weighted by atomic mass is 35.5. The van der Waals surface area contributed by atoms with Crippen molar-refractivity contribution in [2.24, 2.45) is 11.8 Å². The smallest absolute Gasteiger partial charge is 0.341 e. The van der Waals surface area contributed by atoms with Crippen LogP contribution >= 0.6 is 11.6 Å². The van der Waals surface area contributed by atoms with Crippen LogP contribution in [0.25, 0.3) is 0 Å². The van der Waals surface area contributed by atoms with Gasteiger partial charge in [0.15, 0.2) is 12.4 Å². The van der Waals surface area contributed by atoms with Crippen LogP contribution in [0, 0.1) is 18.8 Å². The lowest BCUT2D eigenvalue weighted by Crippen LogP contribution is -2.18. The molecule has 1 fully saturated rings. The summed E-state index contributed by atoms with van der Waals surface area (Å²) in [5.74, 6) is 0.0746. The van der Waals surface area contributed by atoms with Crippen molar-refractivity contribution in [3.05, 3.63) is 27.8 Å². The first-order chi connectivity index (χ1) is 10.5. The molecule has 0 aliphatic heterocycles. The van der Waals surface area contributed by atoms with Gasteiger partial charge in [0.25, 0.3) is 0 Å². The Balaban J connectivity index is 1.91. The first-order valence-electron chi connectivity index (χ1n) is 7.69. The van der Waals surface area contributed by atoms with Gasteiger partial charge in [0.05, 0.1) is 5.02 Å². The number of Topliss-reactive ketones (excluding diaryl/α,β-unsaturated/α-hetero) is 1. The Morgan fingerprint density at radius 1 is 1.41 bits per heavy atom. The van der Waals surface area contributed by atoms with E-state index in [9.17, 15) is 9.59 Å². The third-order valence-electron chi connectivity index (χ3n) is 4.89. The van der Waals surface area contributed by atoms with E-state index in [0.717, 1.165) is 18.4 Å². The Kier molecular flexibility index (Phi) is 4.13. The van der Waals surface area contributed by atoms with E-state index in [-0.39, 0.29) is 11.7 Å². The van der Waals surface area contributed by atoms with Crippen molar-refractivity contribution < 1.29 is 19.4 Å². The van der Waals surface area contributed by atoms with Gasteiger partial charge in [-0.05, 0) is 43.7 Å². The zero-order chi connectivity index (χ0) is 15.9. The maximum absolute atomic E-state index is 12.7. The normalized spacial score (nSPS) is 21.2. The number of hydrogen-bond donors (Lipinski definition) is 1. The number of carboxylic acid groups (broad SMARTS) is 1. The molecule has 0 saturated heterocycles. The number of carboxylic acids is 1. The van der Waals surface area contributed by atoms with Crippen molar-refractivity contribution in [1.29, 1.82) is 0 Å². The number of carbonyl (C=O) groups is 2. The molecule has 0 spiro atoms. The van der Waals surface area contributed by atoms with E-state index in [2.05, 4.69) is 0 Å². The number of halogens is 1. The molecule has 1 aromatic rings. The van der Waals surface area contributed by atoms with E-state index in [4.69, 9.17) is 21.4 Å². The highest BCUT2D eigenvalue weighted by molar-refractivity contribution is 6.35.